The number of nitrogens with zero attached hydrogens (tertiary/aromatic N) is 1. The van der Waals surface area contributed by atoms with Crippen LogP contribution in [-0.2, 0) is 13.0 Å². The van der Waals surface area contributed by atoms with Crippen molar-refractivity contribution >= 4 is 11.6 Å². The first-order valence-electron chi connectivity index (χ1n) is 8.20. The van der Waals surface area contributed by atoms with E-state index in [1.54, 1.807) is 6.92 Å². The third kappa shape index (κ3) is 4.07. The lowest BCUT2D eigenvalue weighted by Crippen LogP contribution is -2.15. The van der Waals surface area contributed by atoms with Gasteiger partial charge in [-0.15, -0.1) is 0 Å². The molecule has 3 aromatic rings. The monoisotopic (exact) mass is 336 g/mol. The second kappa shape index (κ2) is 7.66. The zero-order valence-corrected chi connectivity index (χ0v) is 14.3. The summed E-state index contributed by atoms with van der Waals surface area (Å²) in [4.78, 5) is 12.5. The Hall–Kier alpha value is -3.08. The largest absolute Gasteiger partial charge is 0.489 e. The number of carbonyl (C=O) groups is 1. The molecule has 1 aromatic heterocycles. The molecule has 1 N–H and O–H groups in total. The summed E-state index contributed by atoms with van der Waals surface area (Å²) in [5.41, 5.74) is 2.82. The van der Waals surface area contributed by atoms with Gasteiger partial charge in [0.25, 0.3) is 5.91 Å². The van der Waals surface area contributed by atoms with Gasteiger partial charge in [0.05, 0.1) is 5.56 Å². The van der Waals surface area contributed by atoms with Crippen molar-refractivity contribution in [3.63, 3.8) is 0 Å². The quantitative estimate of drug-likeness (QED) is 0.725. The van der Waals surface area contributed by atoms with Gasteiger partial charge in [-0.2, -0.15) is 0 Å². The maximum absolute atomic E-state index is 12.5. The third-order valence-corrected chi connectivity index (χ3v) is 3.95. The molecule has 0 saturated heterocycles. The second-order valence-electron chi connectivity index (χ2n) is 5.67. The van der Waals surface area contributed by atoms with E-state index in [2.05, 4.69) is 17.4 Å². The van der Waals surface area contributed by atoms with Gasteiger partial charge < -0.3 is 14.6 Å². The van der Waals surface area contributed by atoms with Crippen molar-refractivity contribution in [2.45, 2.75) is 26.9 Å². The van der Waals surface area contributed by atoms with Crippen LogP contribution >= 0.6 is 0 Å². The van der Waals surface area contributed by atoms with E-state index in [4.69, 9.17) is 9.26 Å². The molecule has 0 saturated carbocycles. The van der Waals surface area contributed by atoms with Gasteiger partial charge in [-0.05, 0) is 43.2 Å². The van der Waals surface area contributed by atoms with Gasteiger partial charge in [-0.1, -0.05) is 42.4 Å². The smallest absolute Gasteiger partial charge is 0.278 e. The first-order valence-corrected chi connectivity index (χ1v) is 8.20. The zero-order valence-electron chi connectivity index (χ0n) is 14.3. The lowest BCUT2D eigenvalue weighted by atomic mass is 10.1. The van der Waals surface area contributed by atoms with Crippen molar-refractivity contribution in [3.05, 3.63) is 77.2 Å². The van der Waals surface area contributed by atoms with Crippen molar-refractivity contribution in [1.29, 1.82) is 0 Å². The molecule has 128 valence electrons. The number of nitrogens with one attached hydrogen (secondary N) is 1. The lowest BCUT2D eigenvalue weighted by molar-refractivity contribution is 0.101. The third-order valence-electron chi connectivity index (χ3n) is 3.95. The van der Waals surface area contributed by atoms with Crippen molar-refractivity contribution in [2.75, 3.05) is 5.32 Å². The fourth-order valence-corrected chi connectivity index (χ4v) is 2.43. The minimum atomic E-state index is -0.312. The summed E-state index contributed by atoms with van der Waals surface area (Å²) < 4.78 is 10.9. The number of rotatable bonds is 6. The van der Waals surface area contributed by atoms with E-state index in [9.17, 15) is 4.79 Å². The highest BCUT2D eigenvalue weighted by Gasteiger charge is 2.20. The number of para-hydroxylation sites is 1. The Morgan fingerprint density at radius 2 is 1.84 bits per heavy atom. The molecular formula is C20H20N2O3. The summed E-state index contributed by atoms with van der Waals surface area (Å²) in [6, 6.07) is 17.2. The highest BCUT2D eigenvalue weighted by atomic mass is 16.5. The van der Waals surface area contributed by atoms with Crippen LogP contribution in [0.1, 0.15) is 34.3 Å². The van der Waals surface area contributed by atoms with Crippen LogP contribution in [0.4, 0.5) is 5.69 Å². The molecule has 0 aliphatic rings. The number of aryl methyl sites for hydroxylation is 2. The predicted octanol–water partition coefficient (Wildman–Crippen LogP) is 4.38. The molecule has 3 rings (SSSR count). The molecule has 0 aliphatic heterocycles. The average Bonchev–Trinajstić information content (AvgIpc) is 3.02. The van der Waals surface area contributed by atoms with Gasteiger partial charge in [0, 0.05) is 5.69 Å². The van der Waals surface area contributed by atoms with Crippen LogP contribution in [0.3, 0.4) is 0 Å². The van der Waals surface area contributed by atoms with Crippen LogP contribution in [-0.4, -0.2) is 11.1 Å². The van der Waals surface area contributed by atoms with Crippen molar-refractivity contribution in [2.24, 2.45) is 0 Å². The predicted molar refractivity (Wildman–Crippen MR) is 95.8 cm³/mol. The van der Waals surface area contributed by atoms with Crippen LogP contribution in [0.15, 0.2) is 59.1 Å². The molecule has 0 atom stereocenters. The van der Waals surface area contributed by atoms with Crippen molar-refractivity contribution < 1.29 is 14.1 Å². The van der Waals surface area contributed by atoms with Crippen molar-refractivity contribution in [1.82, 2.24) is 5.16 Å². The van der Waals surface area contributed by atoms with E-state index in [1.165, 1.54) is 5.56 Å². The number of benzene rings is 2. The van der Waals surface area contributed by atoms with Gasteiger partial charge in [0.2, 0.25) is 0 Å². The Labute approximate surface area is 146 Å². The molecule has 5 heteroatoms. The molecule has 1 heterocycles. The fourth-order valence-electron chi connectivity index (χ4n) is 2.43. The Bertz CT molecular complexity index is 839. The maximum Gasteiger partial charge on any atom is 0.278 e. The molecule has 1 amide bonds. The number of amides is 1. The van der Waals surface area contributed by atoms with E-state index in [0.717, 1.165) is 17.9 Å². The Balaban J connectivity index is 1.72. The fraction of sp³-hybridized carbons (Fsp3) is 0.200. The molecule has 0 unspecified atom stereocenters. The van der Waals surface area contributed by atoms with E-state index in [0.29, 0.717) is 11.3 Å². The van der Waals surface area contributed by atoms with Crippen molar-refractivity contribution in [3.8, 4) is 5.75 Å². The lowest BCUT2D eigenvalue weighted by Gasteiger charge is -2.07. The molecule has 0 radical (unpaired) electrons. The van der Waals surface area contributed by atoms with Gasteiger partial charge in [0.15, 0.2) is 5.69 Å². The minimum Gasteiger partial charge on any atom is -0.489 e. The molecule has 25 heavy (non-hydrogen) atoms. The van der Waals surface area contributed by atoms with Crippen LogP contribution in [0.5, 0.6) is 5.75 Å². The number of ether oxygens (including phenoxy) is 1. The van der Waals surface area contributed by atoms with Gasteiger partial charge in [-0.3, -0.25) is 4.79 Å². The number of hydrogen-bond acceptors (Lipinski definition) is 4. The highest BCUT2D eigenvalue weighted by molar-refractivity contribution is 6.03. The summed E-state index contributed by atoms with van der Waals surface area (Å²) in [7, 11) is 0. The highest BCUT2D eigenvalue weighted by Crippen LogP contribution is 2.19. The van der Waals surface area contributed by atoms with E-state index >= 15 is 0 Å². The molecular weight excluding hydrogens is 316 g/mol. The SMILES string of the molecule is CCc1ccc(NC(=O)c2noc(C)c2COc2ccccc2)cc1. The summed E-state index contributed by atoms with van der Waals surface area (Å²) in [6.45, 7) is 4.07. The summed E-state index contributed by atoms with van der Waals surface area (Å²) in [5.74, 6) is 0.986. The zero-order chi connectivity index (χ0) is 17.6. The second-order valence-corrected chi connectivity index (χ2v) is 5.67. The molecule has 5 nitrogen and oxygen atoms in total. The first kappa shape index (κ1) is 16.8. The molecule has 0 fully saturated rings. The maximum atomic E-state index is 12.5. The Morgan fingerprint density at radius 1 is 1.12 bits per heavy atom. The standard InChI is InChI=1S/C20H20N2O3/c1-3-15-9-11-16(12-10-15)21-20(23)19-18(14(2)25-22-19)13-24-17-7-5-4-6-8-17/h4-12H,3,13H2,1-2H3,(H,21,23). The van der Waals surface area contributed by atoms with Gasteiger partial charge >= 0.3 is 0 Å². The minimum absolute atomic E-state index is 0.219. The number of hydrogen-bond donors (Lipinski definition) is 1. The average molecular weight is 336 g/mol. The van der Waals surface area contributed by atoms with E-state index in [1.807, 2.05) is 54.6 Å². The molecule has 0 aliphatic carbocycles. The first-order chi connectivity index (χ1) is 12.2. The molecule has 0 bridgehead atoms. The van der Waals surface area contributed by atoms with E-state index in [-0.39, 0.29) is 18.2 Å². The number of aromatic nitrogens is 1. The van der Waals surface area contributed by atoms with Gasteiger partial charge in [-0.25, -0.2) is 0 Å². The molecule has 0 spiro atoms. The summed E-state index contributed by atoms with van der Waals surface area (Å²) >= 11 is 0. The Kier molecular flexibility index (Phi) is 5.14. The van der Waals surface area contributed by atoms with Crippen LogP contribution in [0.25, 0.3) is 0 Å². The summed E-state index contributed by atoms with van der Waals surface area (Å²) in [5, 5.41) is 6.74. The number of carbonyl (C=O) groups excluding carboxylic acids is 1. The van der Waals surface area contributed by atoms with Crippen LogP contribution < -0.4 is 10.1 Å². The Morgan fingerprint density at radius 3 is 2.52 bits per heavy atom. The summed E-state index contributed by atoms with van der Waals surface area (Å²) in [6.07, 6.45) is 0.956. The van der Waals surface area contributed by atoms with Crippen LogP contribution in [0, 0.1) is 6.92 Å². The molecule has 2 aromatic carbocycles. The van der Waals surface area contributed by atoms with E-state index < -0.39 is 0 Å². The van der Waals surface area contributed by atoms with Gasteiger partial charge in [0.1, 0.15) is 18.1 Å². The number of anilines is 1. The van der Waals surface area contributed by atoms with Crippen LogP contribution in [0.2, 0.25) is 0 Å². The topological polar surface area (TPSA) is 64.4 Å². The normalized spacial score (nSPS) is 10.5.